The Morgan fingerprint density at radius 2 is 1.88 bits per heavy atom. The number of ketones is 1. The van der Waals surface area contributed by atoms with Gasteiger partial charge in [-0.3, -0.25) is 14.5 Å². The molecule has 3 heterocycles. The molecule has 14 heteroatoms. The van der Waals surface area contributed by atoms with Crippen LogP contribution < -0.4 is 19.1 Å². The Labute approximate surface area is 294 Å². The van der Waals surface area contributed by atoms with Gasteiger partial charge < -0.3 is 23.7 Å². The summed E-state index contributed by atoms with van der Waals surface area (Å²) in [6.07, 6.45) is 0.789. The van der Waals surface area contributed by atoms with Crippen LogP contribution in [0.25, 0.3) is 11.0 Å². The lowest BCUT2D eigenvalue weighted by Crippen LogP contribution is -2.31. The number of furan rings is 1. The highest BCUT2D eigenvalue weighted by Gasteiger charge is 2.47. The predicted molar refractivity (Wildman–Crippen MR) is 186 cm³/mol. The molecule has 0 saturated heterocycles. The minimum Gasteiger partial charge on any atom is -0.503 e. The number of hydrogen-bond acceptors (Lipinski definition) is 11. The number of aromatic nitrogens is 2. The number of amides is 1. The minimum atomic E-state index is -1.10. The molecule has 0 radical (unpaired) electrons. The van der Waals surface area contributed by atoms with Crippen LogP contribution in [0.1, 0.15) is 48.0 Å². The van der Waals surface area contributed by atoms with E-state index in [1.54, 1.807) is 54.6 Å². The van der Waals surface area contributed by atoms with Crippen LogP contribution in [0.2, 0.25) is 10.0 Å². The molecule has 2 aromatic heterocycles. The van der Waals surface area contributed by atoms with Gasteiger partial charge >= 0.3 is 0 Å². The Hall–Kier alpha value is -4.23. The molecule has 0 spiro atoms. The number of fused-ring (bicyclic) bond motifs is 1. The maximum atomic E-state index is 14.2. The van der Waals surface area contributed by atoms with Crippen LogP contribution >= 0.6 is 46.3 Å². The molecule has 0 bridgehead atoms. The number of rotatable bonds is 13. The van der Waals surface area contributed by atoms with Crippen molar-refractivity contribution in [1.82, 2.24) is 10.2 Å². The summed E-state index contributed by atoms with van der Waals surface area (Å²) in [5, 5.41) is 21.8. The van der Waals surface area contributed by atoms with E-state index in [9.17, 15) is 14.7 Å². The van der Waals surface area contributed by atoms with Gasteiger partial charge in [-0.25, -0.2) is 0 Å². The Morgan fingerprint density at radius 1 is 1.04 bits per heavy atom. The van der Waals surface area contributed by atoms with Gasteiger partial charge in [0.15, 0.2) is 38.7 Å². The molecule has 48 heavy (non-hydrogen) atoms. The van der Waals surface area contributed by atoms with E-state index in [0.29, 0.717) is 67.1 Å². The van der Waals surface area contributed by atoms with Gasteiger partial charge in [-0.1, -0.05) is 77.5 Å². The number of hydrogen-bond donors (Lipinski definition) is 1. The average Bonchev–Trinajstić information content (AvgIpc) is 3.80. The molecule has 0 saturated carbocycles. The largest absolute Gasteiger partial charge is 0.503 e. The van der Waals surface area contributed by atoms with Crippen molar-refractivity contribution < 1.29 is 33.3 Å². The SMILES string of the molecule is CCCOc1ccc(C2C(C(=O)c3cc4cccc(OC)c4o3)=C(O)C(=O)N2c2nnc(SCc3ccc(Cl)cc3Cl)s2)cc1OCC. The molecule has 5 aromatic rings. The number of carbonyl (C=O) groups is 2. The van der Waals surface area contributed by atoms with Crippen molar-refractivity contribution >= 4 is 74.1 Å². The van der Waals surface area contributed by atoms with Gasteiger partial charge in [0, 0.05) is 21.2 Å². The molecule has 248 valence electrons. The number of nitrogens with zero attached hydrogens (tertiary/aromatic N) is 3. The number of methoxy groups -OCH3 is 1. The topological polar surface area (TPSA) is 124 Å². The van der Waals surface area contributed by atoms with Crippen molar-refractivity contribution in [3.63, 3.8) is 0 Å². The fourth-order valence-electron chi connectivity index (χ4n) is 5.22. The zero-order chi connectivity index (χ0) is 33.9. The highest BCUT2D eigenvalue weighted by atomic mass is 35.5. The number of aliphatic hydroxyl groups excluding tert-OH is 1. The van der Waals surface area contributed by atoms with E-state index >= 15 is 0 Å². The summed E-state index contributed by atoms with van der Waals surface area (Å²) in [7, 11) is 1.50. The number of thioether (sulfide) groups is 1. The van der Waals surface area contributed by atoms with Crippen LogP contribution in [0.15, 0.2) is 80.8 Å². The van der Waals surface area contributed by atoms with Crippen molar-refractivity contribution in [3.05, 3.63) is 98.9 Å². The molecule has 1 N–H and O–H groups in total. The normalized spacial score (nSPS) is 14.6. The van der Waals surface area contributed by atoms with Gasteiger partial charge in [-0.2, -0.15) is 0 Å². The molecule has 6 rings (SSSR count). The third kappa shape index (κ3) is 6.57. The molecule has 1 amide bonds. The predicted octanol–water partition coefficient (Wildman–Crippen LogP) is 8.86. The number of benzene rings is 3. The number of aliphatic hydroxyl groups is 1. The summed E-state index contributed by atoms with van der Waals surface area (Å²) < 4.78 is 23.7. The Balaban J connectivity index is 1.40. The monoisotopic (exact) mass is 725 g/mol. The Kier molecular flexibility index (Phi) is 10.2. The molecule has 3 aromatic carbocycles. The summed E-state index contributed by atoms with van der Waals surface area (Å²) in [5.41, 5.74) is 1.51. The molecule has 1 aliphatic heterocycles. The van der Waals surface area contributed by atoms with Crippen LogP contribution in [0.3, 0.4) is 0 Å². The average molecular weight is 727 g/mol. The van der Waals surface area contributed by atoms with Crippen molar-refractivity contribution in [1.29, 1.82) is 0 Å². The molecule has 0 fully saturated rings. The van der Waals surface area contributed by atoms with Crippen LogP contribution in [0.4, 0.5) is 5.13 Å². The Bertz CT molecular complexity index is 2040. The van der Waals surface area contributed by atoms with Crippen molar-refractivity contribution in [2.75, 3.05) is 25.2 Å². The molecule has 1 atom stereocenters. The van der Waals surface area contributed by atoms with E-state index in [1.165, 1.54) is 23.8 Å². The number of ether oxygens (including phenoxy) is 3. The summed E-state index contributed by atoms with van der Waals surface area (Å²) in [4.78, 5) is 29.3. The maximum Gasteiger partial charge on any atom is 0.296 e. The minimum absolute atomic E-state index is 0.0722. The zero-order valence-electron chi connectivity index (χ0n) is 26.0. The zero-order valence-corrected chi connectivity index (χ0v) is 29.1. The number of anilines is 1. The quantitative estimate of drug-likeness (QED) is 0.0715. The molecular formula is C34H29Cl2N3O7S2. The van der Waals surface area contributed by atoms with Crippen molar-refractivity contribution in [2.24, 2.45) is 0 Å². The number of halogens is 2. The highest BCUT2D eigenvalue weighted by Crippen LogP contribution is 2.46. The Morgan fingerprint density at radius 3 is 2.62 bits per heavy atom. The second-order valence-electron chi connectivity index (χ2n) is 10.5. The fourth-order valence-corrected chi connectivity index (χ4v) is 7.65. The third-order valence-electron chi connectivity index (χ3n) is 7.42. The lowest BCUT2D eigenvalue weighted by atomic mass is 9.95. The summed E-state index contributed by atoms with van der Waals surface area (Å²) in [6.45, 7) is 4.66. The van der Waals surface area contributed by atoms with Crippen LogP contribution in [-0.4, -0.2) is 47.3 Å². The van der Waals surface area contributed by atoms with Gasteiger partial charge in [-0.15, -0.1) is 10.2 Å². The van der Waals surface area contributed by atoms with Crippen LogP contribution in [-0.2, 0) is 10.5 Å². The summed E-state index contributed by atoms with van der Waals surface area (Å²) >= 11 is 14.9. The maximum absolute atomic E-state index is 14.2. The first-order valence-electron chi connectivity index (χ1n) is 14.9. The lowest BCUT2D eigenvalue weighted by molar-refractivity contribution is -0.117. The van der Waals surface area contributed by atoms with Crippen LogP contribution in [0, 0.1) is 0 Å². The van der Waals surface area contributed by atoms with Gasteiger partial charge in [-0.05, 0) is 60.9 Å². The van der Waals surface area contributed by atoms with E-state index in [0.717, 1.165) is 23.3 Å². The first-order chi connectivity index (χ1) is 23.2. The number of para-hydroxylation sites is 1. The summed E-state index contributed by atoms with van der Waals surface area (Å²) in [6, 6.07) is 16.1. The van der Waals surface area contributed by atoms with Gasteiger partial charge in [0.1, 0.15) is 0 Å². The smallest absolute Gasteiger partial charge is 0.296 e. The van der Waals surface area contributed by atoms with Crippen molar-refractivity contribution in [3.8, 4) is 17.2 Å². The number of Topliss-reactive ketones (excluding diaryl/α,β-unsaturated/α-hetero) is 1. The second kappa shape index (κ2) is 14.5. The first kappa shape index (κ1) is 33.7. The van der Waals surface area contributed by atoms with E-state index in [-0.39, 0.29) is 16.5 Å². The van der Waals surface area contributed by atoms with Gasteiger partial charge in [0.25, 0.3) is 5.91 Å². The first-order valence-corrected chi connectivity index (χ1v) is 17.5. The van der Waals surface area contributed by atoms with E-state index < -0.39 is 23.5 Å². The third-order valence-corrected chi connectivity index (χ3v) is 10.1. The second-order valence-corrected chi connectivity index (χ2v) is 13.5. The summed E-state index contributed by atoms with van der Waals surface area (Å²) in [5.74, 6) is -0.427. The standard InChI is InChI=1S/C34H29Cl2N3O7S2/c1-4-13-45-23-12-10-18(14-25(23)44-5-2)28-27(29(40)26-15-19-7-6-8-24(43-3)31(19)46-26)30(41)32(42)39(28)33-37-38-34(48-33)47-17-20-9-11-21(35)16-22(20)36/h6-12,14-16,28,41H,4-5,13,17H2,1-3H3. The molecule has 0 aliphatic carbocycles. The van der Waals surface area contributed by atoms with E-state index in [1.807, 2.05) is 19.9 Å². The van der Waals surface area contributed by atoms with E-state index in [4.69, 9.17) is 41.8 Å². The lowest BCUT2D eigenvalue weighted by Gasteiger charge is -2.24. The molecule has 1 aliphatic rings. The molecule has 1 unspecified atom stereocenters. The van der Waals surface area contributed by atoms with Crippen LogP contribution in [0.5, 0.6) is 17.2 Å². The van der Waals surface area contributed by atoms with Gasteiger partial charge in [0.05, 0.1) is 31.9 Å². The molecular weight excluding hydrogens is 697 g/mol. The highest BCUT2D eigenvalue weighted by molar-refractivity contribution is 8.00. The molecule has 10 nitrogen and oxygen atoms in total. The van der Waals surface area contributed by atoms with Crippen molar-refractivity contribution in [2.45, 2.75) is 36.4 Å². The number of carbonyl (C=O) groups excluding carboxylic acids is 2. The van der Waals surface area contributed by atoms with Gasteiger partial charge in [0.2, 0.25) is 10.9 Å². The fraction of sp³-hybridized carbons (Fsp3) is 0.235. The van der Waals surface area contributed by atoms with E-state index in [2.05, 4.69) is 10.2 Å².